The molecule has 4 heterocycles. The van der Waals surface area contributed by atoms with Gasteiger partial charge in [0.2, 0.25) is 0 Å². The Labute approximate surface area is 143 Å². The molecule has 0 bridgehead atoms. The molecule has 2 aliphatic rings. The largest absolute Gasteiger partial charge is 0.472 e. The number of fused-ring (bicyclic) bond motifs is 2. The van der Waals surface area contributed by atoms with Crippen LogP contribution in [-0.4, -0.2) is 54.4 Å². The van der Waals surface area contributed by atoms with Crippen molar-refractivity contribution >= 4 is 40.7 Å². The number of phosphoric acid groups is 1. The van der Waals surface area contributed by atoms with Crippen LogP contribution in [0.3, 0.4) is 0 Å². The molecule has 2 aromatic heterocycles. The van der Waals surface area contributed by atoms with E-state index in [4.69, 9.17) is 19.5 Å². The van der Waals surface area contributed by atoms with Gasteiger partial charge in [-0.3, -0.25) is 13.6 Å². The van der Waals surface area contributed by atoms with E-state index in [1.165, 1.54) is 4.57 Å². The molecule has 0 amide bonds. The lowest BCUT2D eigenvalue weighted by Crippen LogP contribution is -2.39. The van der Waals surface area contributed by atoms with E-state index in [-0.39, 0.29) is 12.4 Å². The lowest BCUT2D eigenvalue weighted by molar-refractivity contribution is -0.0670. The number of phosphoric ester groups is 1. The molecule has 11 nitrogen and oxygen atoms in total. The van der Waals surface area contributed by atoms with Gasteiger partial charge in [0, 0.05) is 0 Å². The van der Waals surface area contributed by atoms with Crippen LogP contribution in [-0.2, 0) is 18.3 Å². The third kappa shape index (κ3) is 2.46. The minimum absolute atomic E-state index is 0.174. The van der Waals surface area contributed by atoms with Crippen molar-refractivity contribution in [3.05, 3.63) is 10.6 Å². The highest BCUT2D eigenvalue weighted by Gasteiger charge is 2.53. The normalized spacial score (nSPS) is 36.2. The van der Waals surface area contributed by atoms with Crippen LogP contribution in [0.2, 0.25) is 0 Å². The molecule has 0 aliphatic carbocycles. The Morgan fingerprint density at radius 3 is 2.92 bits per heavy atom. The van der Waals surface area contributed by atoms with Crippen molar-refractivity contribution in [2.24, 2.45) is 0 Å². The molecule has 2 saturated heterocycles. The van der Waals surface area contributed by atoms with Crippen LogP contribution in [0.15, 0.2) is 4.73 Å². The molecule has 130 valence electrons. The first kappa shape index (κ1) is 16.3. The summed E-state index contributed by atoms with van der Waals surface area (Å²) in [6, 6.07) is 0. The molecule has 2 aromatic rings. The number of nitrogens with zero attached hydrogens (tertiary/aromatic N) is 4. The standard InChI is InChI=1S/C11H13BrN5O6P/c1-3-14-8(13)5-9(15-3)17(11(12)16-5)10-6(18)7-4(22-10)2-21-24(19,20)23-7/h4,6-7,10,18H,2H2,1H3,(H,19,20)(H2,13,14,15)/t4-,6-,7-,10-/m1/s1. The Morgan fingerprint density at radius 1 is 1.42 bits per heavy atom. The van der Waals surface area contributed by atoms with Crippen LogP contribution in [0.25, 0.3) is 11.2 Å². The summed E-state index contributed by atoms with van der Waals surface area (Å²) in [5.74, 6) is 0.624. The maximum atomic E-state index is 11.6. The number of imidazole rings is 1. The van der Waals surface area contributed by atoms with Gasteiger partial charge in [0.1, 0.15) is 24.1 Å². The molecule has 13 heteroatoms. The zero-order chi connectivity index (χ0) is 17.2. The number of aryl methyl sites for hydroxylation is 1. The van der Waals surface area contributed by atoms with Gasteiger partial charge in [0.05, 0.1) is 6.61 Å². The smallest absolute Gasteiger partial charge is 0.386 e. The molecule has 4 N–H and O–H groups in total. The monoisotopic (exact) mass is 421 g/mol. The maximum Gasteiger partial charge on any atom is 0.472 e. The molecule has 24 heavy (non-hydrogen) atoms. The van der Waals surface area contributed by atoms with Crippen LogP contribution in [0.1, 0.15) is 12.1 Å². The van der Waals surface area contributed by atoms with Gasteiger partial charge in [-0.05, 0) is 22.9 Å². The second-order valence-electron chi connectivity index (χ2n) is 5.47. The minimum atomic E-state index is -4.20. The number of aromatic nitrogens is 4. The number of aliphatic hydroxyl groups is 1. The number of halogens is 1. The van der Waals surface area contributed by atoms with Gasteiger partial charge in [-0.2, -0.15) is 0 Å². The molecule has 0 radical (unpaired) electrons. The summed E-state index contributed by atoms with van der Waals surface area (Å²) in [6.07, 6.45) is -3.90. The van der Waals surface area contributed by atoms with Crippen molar-refractivity contribution < 1.29 is 28.3 Å². The second kappa shape index (κ2) is 5.43. The predicted octanol–water partition coefficient (Wildman–Crippen LogP) is 0.254. The number of nitrogens with two attached hydrogens (primary N) is 1. The summed E-state index contributed by atoms with van der Waals surface area (Å²) < 4.78 is 28.8. The van der Waals surface area contributed by atoms with Gasteiger partial charge in [0.25, 0.3) is 0 Å². The average Bonchev–Trinajstić information content (AvgIpc) is 2.96. The number of hydrogen-bond donors (Lipinski definition) is 3. The molecule has 2 fully saturated rings. The van der Waals surface area contributed by atoms with Crippen molar-refractivity contribution in [1.82, 2.24) is 19.5 Å². The highest BCUT2D eigenvalue weighted by molar-refractivity contribution is 9.10. The first-order valence-corrected chi connectivity index (χ1v) is 9.22. The Balaban J connectivity index is 1.79. The molecule has 0 saturated carbocycles. The van der Waals surface area contributed by atoms with Crippen molar-refractivity contribution in [1.29, 1.82) is 0 Å². The minimum Gasteiger partial charge on any atom is -0.386 e. The van der Waals surface area contributed by atoms with E-state index in [0.29, 0.717) is 21.7 Å². The van der Waals surface area contributed by atoms with Crippen LogP contribution in [0.5, 0.6) is 0 Å². The SMILES string of the molecule is Cc1nc(N)c2nc(Br)n([C@@H]3O[C@@H]4COP(=O)(O)O[C@H]4[C@H]3O)c2n1. The summed E-state index contributed by atoms with van der Waals surface area (Å²) >= 11 is 3.29. The lowest BCUT2D eigenvalue weighted by atomic mass is 10.1. The second-order valence-corrected chi connectivity index (χ2v) is 7.58. The summed E-state index contributed by atoms with van der Waals surface area (Å²) in [6.45, 7) is 1.50. The van der Waals surface area contributed by atoms with Gasteiger partial charge in [-0.15, -0.1) is 0 Å². The Kier molecular flexibility index (Phi) is 3.69. The number of hydrogen-bond acceptors (Lipinski definition) is 9. The zero-order valence-electron chi connectivity index (χ0n) is 12.2. The van der Waals surface area contributed by atoms with Crippen LogP contribution in [0.4, 0.5) is 5.82 Å². The number of nitrogen functional groups attached to an aromatic ring is 1. The van der Waals surface area contributed by atoms with Crippen LogP contribution in [0, 0.1) is 6.92 Å². The van der Waals surface area contributed by atoms with E-state index in [1.807, 2.05) is 0 Å². The molecule has 0 spiro atoms. The number of rotatable bonds is 1. The van der Waals surface area contributed by atoms with E-state index in [9.17, 15) is 14.6 Å². The highest BCUT2D eigenvalue weighted by Crippen LogP contribution is 2.52. The zero-order valence-corrected chi connectivity index (χ0v) is 14.7. The van der Waals surface area contributed by atoms with E-state index < -0.39 is 32.4 Å². The molecular formula is C11H13BrN5O6P. The fraction of sp³-hybridized carbons (Fsp3) is 0.545. The van der Waals surface area contributed by atoms with Crippen molar-refractivity contribution in [2.75, 3.05) is 12.3 Å². The number of aliphatic hydroxyl groups excluding tert-OH is 1. The predicted molar refractivity (Wildman–Crippen MR) is 82.7 cm³/mol. The lowest BCUT2D eigenvalue weighted by Gasteiger charge is -2.27. The summed E-state index contributed by atoms with van der Waals surface area (Å²) in [5.41, 5.74) is 6.57. The summed E-state index contributed by atoms with van der Waals surface area (Å²) in [5, 5.41) is 10.5. The van der Waals surface area contributed by atoms with E-state index in [0.717, 1.165) is 0 Å². The van der Waals surface area contributed by atoms with E-state index in [2.05, 4.69) is 30.9 Å². The summed E-state index contributed by atoms with van der Waals surface area (Å²) in [7, 11) is -4.20. The molecule has 4 rings (SSSR count). The van der Waals surface area contributed by atoms with Gasteiger partial charge >= 0.3 is 7.82 Å². The topological polar surface area (TPSA) is 155 Å². The van der Waals surface area contributed by atoms with E-state index >= 15 is 0 Å². The first-order valence-electron chi connectivity index (χ1n) is 6.93. The van der Waals surface area contributed by atoms with Crippen LogP contribution >= 0.6 is 23.8 Å². The first-order chi connectivity index (χ1) is 11.3. The third-order valence-electron chi connectivity index (χ3n) is 3.86. The Morgan fingerprint density at radius 2 is 2.17 bits per heavy atom. The molecule has 5 atom stereocenters. The van der Waals surface area contributed by atoms with Gasteiger partial charge < -0.3 is 20.5 Å². The van der Waals surface area contributed by atoms with Crippen LogP contribution < -0.4 is 5.73 Å². The van der Waals surface area contributed by atoms with Gasteiger partial charge in [-0.25, -0.2) is 19.5 Å². The maximum absolute atomic E-state index is 11.6. The third-order valence-corrected chi connectivity index (χ3v) is 5.40. The molecular weight excluding hydrogens is 409 g/mol. The summed E-state index contributed by atoms with van der Waals surface area (Å²) in [4.78, 5) is 22.0. The highest BCUT2D eigenvalue weighted by atomic mass is 79.9. The van der Waals surface area contributed by atoms with Gasteiger partial charge in [0.15, 0.2) is 27.9 Å². The van der Waals surface area contributed by atoms with E-state index in [1.54, 1.807) is 6.92 Å². The van der Waals surface area contributed by atoms with Crippen molar-refractivity contribution in [2.45, 2.75) is 31.5 Å². The Hall–Kier alpha value is -1.14. The molecule has 0 aromatic carbocycles. The Bertz CT molecular complexity index is 876. The fourth-order valence-electron chi connectivity index (χ4n) is 2.86. The quantitative estimate of drug-likeness (QED) is 0.430. The molecule has 2 aliphatic heterocycles. The van der Waals surface area contributed by atoms with Crippen molar-refractivity contribution in [3.8, 4) is 0 Å². The number of anilines is 1. The van der Waals surface area contributed by atoms with Crippen molar-refractivity contribution in [3.63, 3.8) is 0 Å². The fourth-order valence-corrected chi connectivity index (χ4v) is 4.37. The average molecular weight is 422 g/mol. The van der Waals surface area contributed by atoms with Gasteiger partial charge in [-0.1, -0.05) is 0 Å². The number of ether oxygens (including phenoxy) is 1. The molecule has 1 unspecified atom stereocenters.